The number of carboxylic acids is 1. The van der Waals surface area contributed by atoms with E-state index in [1.54, 1.807) is 0 Å². The van der Waals surface area contributed by atoms with Crippen LogP contribution in [0.2, 0.25) is 0 Å². The Hall–Kier alpha value is -0.530. The molecule has 0 bridgehead atoms. The van der Waals surface area contributed by atoms with E-state index in [1.807, 2.05) is 0 Å². The molecule has 1 aliphatic carbocycles. The standard InChI is InChI=1S/C4H6O2/c5-4(6)3-1-2-3/h3H,1-2H2,(H,5,6)/i3D. The monoisotopic (exact) mass is 87.0 g/mol. The zero-order valence-electron chi connectivity index (χ0n) is 4.27. The summed E-state index contributed by atoms with van der Waals surface area (Å²) in [6, 6.07) is 0. The molecule has 0 saturated heterocycles. The van der Waals surface area contributed by atoms with Crippen LogP contribution in [0.15, 0.2) is 0 Å². The van der Waals surface area contributed by atoms with Crippen LogP contribution in [0, 0.1) is 5.89 Å². The topological polar surface area (TPSA) is 37.3 Å². The lowest BCUT2D eigenvalue weighted by molar-refractivity contribution is -0.138. The quantitative estimate of drug-likeness (QED) is 0.505. The summed E-state index contributed by atoms with van der Waals surface area (Å²) < 4.78 is 6.90. The van der Waals surface area contributed by atoms with Crippen molar-refractivity contribution in [2.75, 3.05) is 0 Å². The average Bonchev–Trinajstić information content (AvgIpc) is 2.21. The van der Waals surface area contributed by atoms with Crippen molar-refractivity contribution in [2.24, 2.45) is 5.89 Å². The molecular formula is C4H6O2. The molecule has 0 aromatic rings. The Morgan fingerprint density at radius 1 is 2.00 bits per heavy atom. The van der Waals surface area contributed by atoms with Crippen LogP contribution in [-0.2, 0) is 4.79 Å². The van der Waals surface area contributed by atoms with Gasteiger partial charge in [-0.05, 0) is 12.8 Å². The third-order valence-electron chi connectivity index (χ3n) is 0.802. The second kappa shape index (κ2) is 0.965. The molecule has 1 N–H and O–H groups in total. The Bertz CT molecular complexity index is 106. The predicted molar refractivity (Wildman–Crippen MR) is 20.4 cm³/mol. The number of hydrogen-bond donors (Lipinski definition) is 1. The van der Waals surface area contributed by atoms with Crippen molar-refractivity contribution in [3.63, 3.8) is 0 Å². The van der Waals surface area contributed by atoms with Crippen molar-refractivity contribution in [2.45, 2.75) is 12.8 Å². The van der Waals surface area contributed by atoms with Crippen molar-refractivity contribution < 1.29 is 11.3 Å². The number of carboxylic acid groups (broad SMARTS) is 1. The molecule has 1 saturated carbocycles. The van der Waals surface area contributed by atoms with E-state index in [4.69, 9.17) is 6.48 Å². The van der Waals surface area contributed by atoms with Crippen LogP contribution in [-0.4, -0.2) is 11.1 Å². The molecule has 0 atom stereocenters. The first-order chi connectivity index (χ1) is 3.15. The Balaban J connectivity index is 2.55. The van der Waals surface area contributed by atoms with Crippen LogP contribution < -0.4 is 0 Å². The Morgan fingerprint density at radius 2 is 2.50 bits per heavy atom. The van der Waals surface area contributed by atoms with Crippen LogP contribution in [0.25, 0.3) is 0 Å². The van der Waals surface area contributed by atoms with Gasteiger partial charge in [0.05, 0.1) is 5.89 Å². The molecule has 0 heterocycles. The Labute approximate surface area is 37.2 Å². The lowest BCUT2D eigenvalue weighted by atomic mass is 10.5. The summed E-state index contributed by atoms with van der Waals surface area (Å²) in [5.41, 5.74) is 0. The van der Waals surface area contributed by atoms with E-state index in [-0.39, 0.29) is 0 Å². The first kappa shape index (κ1) is 2.61. The average molecular weight is 87.1 g/mol. The molecule has 0 unspecified atom stereocenters. The lowest BCUT2D eigenvalue weighted by Gasteiger charge is -1.75. The van der Waals surface area contributed by atoms with Gasteiger partial charge in [0.2, 0.25) is 0 Å². The molecule has 2 nitrogen and oxygen atoms in total. The molecule has 0 amide bonds. The molecule has 2 heteroatoms. The van der Waals surface area contributed by atoms with Gasteiger partial charge >= 0.3 is 5.97 Å². The van der Waals surface area contributed by atoms with E-state index in [1.165, 1.54) is 0 Å². The Morgan fingerprint density at radius 3 is 2.50 bits per heavy atom. The van der Waals surface area contributed by atoms with E-state index in [0.29, 0.717) is 12.8 Å². The van der Waals surface area contributed by atoms with Crippen LogP contribution >= 0.6 is 0 Å². The fourth-order valence-corrected chi connectivity index (χ4v) is 0.276. The molecule has 1 aliphatic rings. The highest BCUT2D eigenvalue weighted by molar-refractivity contribution is 5.72. The van der Waals surface area contributed by atoms with Crippen LogP contribution in [0.5, 0.6) is 0 Å². The van der Waals surface area contributed by atoms with Gasteiger partial charge in [-0.2, -0.15) is 0 Å². The summed E-state index contributed by atoms with van der Waals surface area (Å²) in [6.07, 6.45) is 1.06. The van der Waals surface area contributed by atoms with E-state index in [0.717, 1.165) is 0 Å². The molecule has 0 aromatic carbocycles. The third kappa shape index (κ3) is 0.506. The minimum Gasteiger partial charge on any atom is -0.481 e. The molecule has 1 fully saturated rings. The highest BCUT2D eigenvalue weighted by Crippen LogP contribution is 2.28. The van der Waals surface area contributed by atoms with E-state index in [2.05, 4.69) is 0 Å². The SMILES string of the molecule is [2H]C1(C(=O)O)CC1. The van der Waals surface area contributed by atoms with Gasteiger partial charge in [-0.1, -0.05) is 0 Å². The maximum absolute atomic E-state index is 9.90. The molecule has 0 aromatic heterocycles. The second-order valence-corrected chi connectivity index (χ2v) is 1.41. The van der Waals surface area contributed by atoms with Crippen molar-refractivity contribution in [1.82, 2.24) is 0 Å². The van der Waals surface area contributed by atoms with Crippen molar-refractivity contribution in [3.8, 4) is 0 Å². The van der Waals surface area contributed by atoms with Gasteiger partial charge in [-0.15, -0.1) is 0 Å². The Kier molecular flexibility index (Phi) is 0.420. The maximum Gasteiger partial charge on any atom is 0.306 e. The van der Waals surface area contributed by atoms with Crippen molar-refractivity contribution >= 4 is 5.97 Å². The predicted octanol–water partition coefficient (Wildman–Crippen LogP) is 0.481. The normalized spacial score (nSPS) is 28.3. The van der Waals surface area contributed by atoms with Crippen LogP contribution in [0.1, 0.15) is 14.2 Å². The number of hydrogen-bond acceptors (Lipinski definition) is 1. The minimum atomic E-state index is -1.08. The van der Waals surface area contributed by atoms with Gasteiger partial charge in [0.15, 0.2) is 0 Å². The number of carbonyl (C=O) groups is 1. The summed E-state index contributed by atoms with van der Waals surface area (Å²) in [5.74, 6) is -2.06. The highest BCUT2D eigenvalue weighted by atomic mass is 16.4. The third-order valence-corrected chi connectivity index (χ3v) is 0.802. The van der Waals surface area contributed by atoms with E-state index >= 15 is 0 Å². The van der Waals surface area contributed by atoms with Crippen LogP contribution in [0.4, 0.5) is 0 Å². The summed E-state index contributed by atoms with van der Waals surface area (Å²) >= 11 is 0. The van der Waals surface area contributed by atoms with Gasteiger partial charge in [0, 0.05) is 1.37 Å². The van der Waals surface area contributed by atoms with E-state index in [9.17, 15) is 4.79 Å². The second-order valence-electron chi connectivity index (χ2n) is 1.41. The van der Waals surface area contributed by atoms with Crippen molar-refractivity contribution in [1.29, 1.82) is 0 Å². The highest BCUT2D eigenvalue weighted by Gasteiger charge is 2.28. The maximum atomic E-state index is 9.90. The summed E-state index contributed by atoms with van der Waals surface area (Å²) in [7, 11) is 0. The molecule has 34 valence electrons. The fraction of sp³-hybridized carbons (Fsp3) is 0.750. The molecule has 0 radical (unpaired) electrons. The smallest absolute Gasteiger partial charge is 0.306 e. The van der Waals surface area contributed by atoms with Gasteiger partial charge in [-0.25, -0.2) is 0 Å². The number of rotatable bonds is 1. The van der Waals surface area contributed by atoms with Crippen LogP contribution in [0.3, 0.4) is 0 Å². The minimum absolute atomic E-state index is 0.530. The first-order valence-corrected chi connectivity index (χ1v) is 1.88. The first-order valence-electron chi connectivity index (χ1n) is 2.38. The van der Waals surface area contributed by atoms with Crippen molar-refractivity contribution in [3.05, 3.63) is 0 Å². The van der Waals surface area contributed by atoms with Gasteiger partial charge in [0.25, 0.3) is 0 Å². The molecular weight excluding hydrogens is 80.0 g/mol. The lowest BCUT2D eigenvalue weighted by Crippen LogP contribution is -1.94. The molecule has 6 heavy (non-hydrogen) atoms. The van der Waals surface area contributed by atoms with Gasteiger partial charge in [0.1, 0.15) is 0 Å². The van der Waals surface area contributed by atoms with E-state index < -0.39 is 11.9 Å². The van der Waals surface area contributed by atoms with Gasteiger partial charge in [-0.3, -0.25) is 4.79 Å². The zero-order valence-corrected chi connectivity index (χ0v) is 3.27. The largest absolute Gasteiger partial charge is 0.481 e. The number of aliphatic carboxylic acids is 1. The summed E-state index contributed by atoms with van der Waals surface area (Å²) in [6.45, 7) is 0. The molecule has 0 spiro atoms. The molecule has 0 aliphatic heterocycles. The van der Waals surface area contributed by atoms with Gasteiger partial charge < -0.3 is 5.11 Å². The zero-order chi connectivity index (χ0) is 5.49. The summed E-state index contributed by atoms with van der Waals surface area (Å²) in [5, 5.41) is 8.12. The molecule has 1 rings (SSSR count). The fourth-order valence-electron chi connectivity index (χ4n) is 0.276. The summed E-state index contributed by atoms with van der Waals surface area (Å²) in [4.78, 5) is 9.90.